The summed E-state index contributed by atoms with van der Waals surface area (Å²) in [5.41, 5.74) is -3.68. The lowest BCUT2D eigenvalue weighted by Crippen LogP contribution is -2.62. The van der Waals surface area contributed by atoms with Gasteiger partial charge in [0.15, 0.2) is 58.6 Å². The highest BCUT2D eigenvalue weighted by atomic mass is 16.7. The summed E-state index contributed by atoms with van der Waals surface area (Å²) in [6.07, 6.45) is -8.09. The van der Waals surface area contributed by atoms with E-state index in [1.807, 2.05) is 0 Å². The SMILES string of the molecule is O=C(/C=C/c1ccccc1)O[C@@H]1O[C@@H]2COC(=O)c3cc(O)c(O)c(O)c3-c3c(cc(O)c(O)c3O)C(=O)O[C@@H]2[C@@H](OC(=O)c2cc(O)c(O)c(O)c2)[C@H]1O. The van der Waals surface area contributed by atoms with Crippen LogP contribution in [0, 0.1) is 0 Å². The van der Waals surface area contributed by atoms with Crippen molar-refractivity contribution < 1.29 is 93.9 Å². The monoisotopic (exact) mass is 764 g/mol. The van der Waals surface area contributed by atoms with E-state index in [2.05, 4.69) is 0 Å². The number of phenols is 9. The lowest BCUT2D eigenvalue weighted by molar-refractivity contribution is -0.289. The number of carbonyl (C=O) groups is 4. The smallest absolute Gasteiger partial charge is 0.339 e. The van der Waals surface area contributed by atoms with E-state index in [-0.39, 0.29) is 0 Å². The van der Waals surface area contributed by atoms with Crippen LogP contribution in [0.3, 0.4) is 0 Å². The molecule has 0 amide bonds. The molecule has 1 fully saturated rings. The van der Waals surface area contributed by atoms with Crippen LogP contribution in [0.4, 0.5) is 0 Å². The Hall–Kier alpha value is -7.38. The molecule has 0 aromatic heterocycles. The first-order valence-corrected chi connectivity index (χ1v) is 15.7. The molecule has 0 bridgehead atoms. The lowest BCUT2D eigenvalue weighted by Gasteiger charge is -2.42. The molecule has 0 unspecified atom stereocenters. The molecule has 10 N–H and O–H groups in total. The Morgan fingerprint density at radius 2 is 1.24 bits per heavy atom. The Morgan fingerprint density at radius 1 is 0.691 bits per heavy atom. The van der Waals surface area contributed by atoms with Gasteiger partial charge in [-0.25, -0.2) is 19.2 Å². The second kappa shape index (κ2) is 14.6. The Balaban J connectivity index is 1.46. The lowest BCUT2D eigenvalue weighted by atomic mass is 9.92. The van der Waals surface area contributed by atoms with Crippen LogP contribution in [-0.2, 0) is 28.5 Å². The van der Waals surface area contributed by atoms with Gasteiger partial charge >= 0.3 is 23.9 Å². The van der Waals surface area contributed by atoms with Crippen LogP contribution in [0.5, 0.6) is 51.7 Å². The molecule has 2 heterocycles. The standard InChI is InChI=1S/C36H28O19/c37-17-8-14(9-18(38)25(17)42)33(48)55-32-30(47)36(53-22(41)7-6-13-4-2-1-3-5-13)52-21-12-51-34(49)15-10-19(39)26(43)28(45)23(15)24-16(35(50)54-31(21)32)11-20(40)27(44)29(24)46/h1-11,21,30-32,36-40,42-47H,12H2/b7-6+/t21-,30-,31+,32+,36+/m1/s1. The first kappa shape index (κ1) is 37.4. The van der Waals surface area contributed by atoms with E-state index >= 15 is 0 Å². The predicted molar refractivity (Wildman–Crippen MR) is 178 cm³/mol. The number of carbonyl (C=O) groups excluding carboxylic acids is 4. The van der Waals surface area contributed by atoms with Crippen molar-refractivity contribution in [1.82, 2.24) is 0 Å². The largest absolute Gasteiger partial charge is 0.504 e. The Morgan fingerprint density at radius 3 is 1.82 bits per heavy atom. The van der Waals surface area contributed by atoms with Crippen molar-refractivity contribution in [3.63, 3.8) is 0 Å². The average Bonchev–Trinajstić information content (AvgIpc) is 3.17. The van der Waals surface area contributed by atoms with Crippen LogP contribution >= 0.6 is 0 Å². The summed E-state index contributed by atoms with van der Waals surface area (Å²) in [5.74, 6) is -16.0. The molecule has 6 rings (SSSR count). The van der Waals surface area contributed by atoms with Gasteiger partial charge in [0.2, 0.25) is 17.8 Å². The first-order chi connectivity index (χ1) is 26.1. The molecule has 4 aromatic carbocycles. The molecule has 0 spiro atoms. The number of cyclic esters (lactones) is 1. The van der Waals surface area contributed by atoms with Crippen molar-refractivity contribution in [2.75, 3.05) is 6.61 Å². The van der Waals surface area contributed by atoms with Gasteiger partial charge in [-0.1, -0.05) is 30.3 Å². The summed E-state index contributed by atoms with van der Waals surface area (Å²) in [6.45, 7) is -1.01. The zero-order valence-electron chi connectivity index (χ0n) is 27.6. The Bertz CT molecular complexity index is 2220. The van der Waals surface area contributed by atoms with Crippen molar-refractivity contribution >= 4 is 30.0 Å². The van der Waals surface area contributed by atoms with Gasteiger partial charge in [0.05, 0.1) is 16.7 Å². The first-order valence-electron chi connectivity index (χ1n) is 15.7. The fourth-order valence-corrected chi connectivity index (χ4v) is 5.74. The second-order valence-electron chi connectivity index (χ2n) is 11.9. The van der Waals surface area contributed by atoms with Crippen LogP contribution in [0.2, 0.25) is 0 Å². The van der Waals surface area contributed by atoms with Gasteiger partial charge in [-0.05, 0) is 35.9 Å². The maximum Gasteiger partial charge on any atom is 0.339 e. The quantitative estimate of drug-likeness (QED) is 0.0601. The van der Waals surface area contributed by atoms with Crippen LogP contribution in [0.1, 0.15) is 36.6 Å². The third-order valence-electron chi connectivity index (χ3n) is 8.43. The number of rotatable bonds is 5. The molecule has 19 nitrogen and oxygen atoms in total. The molecule has 286 valence electrons. The normalized spacial score (nSPS) is 20.9. The van der Waals surface area contributed by atoms with Crippen LogP contribution in [-0.4, -0.2) is 112 Å². The maximum absolute atomic E-state index is 14.0. The molecule has 0 aliphatic carbocycles. The van der Waals surface area contributed by atoms with E-state index in [0.717, 1.165) is 6.08 Å². The van der Waals surface area contributed by atoms with E-state index in [0.29, 0.717) is 29.8 Å². The fraction of sp³-hybridized carbons (Fsp3) is 0.167. The molecule has 1 saturated heterocycles. The van der Waals surface area contributed by atoms with E-state index < -0.39 is 141 Å². The maximum atomic E-state index is 14.0. The number of phenolic OH excluding ortho intramolecular Hbond substituents is 9. The van der Waals surface area contributed by atoms with Gasteiger partial charge in [0.25, 0.3) is 0 Å². The fourth-order valence-electron chi connectivity index (χ4n) is 5.74. The van der Waals surface area contributed by atoms with Gasteiger partial charge in [0.1, 0.15) is 12.7 Å². The minimum absolute atomic E-state index is 0.519. The number of aromatic hydroxyl groups is 9. The highest BCUT2D eigenvalue weighted by Crippen LogP contribution is 2.53. The molecule has 0 radical (unpaired) electrons. The van der Waals surface area contributed by atoms with E-state index in [4.69, 9.17) is 23.7 Å². The zero-order valence-corrected chi connectivity index (χ0v) is 27.6. The molecule has 19 heteroatoms. The molecule has 5 atom stereocenters. The number of aliphatic hydroxyl groups excluding tert-OH is 1. The highest BCUT2D eigenvalue weighted by Gasteiger charge is 2.52. The molecular weight excluding hydrogens is 736 g/mol. The summed E-state index contributed by atoms with van der Waals surface area (Å²) in [7, 11) is 0. The number of benzene rings is 4. The molecule has 2 aliphatic heterocycles. The second-order valence-corrected chi connectivity index (χ2v) is 11.9. The van der Waals surface area contributed by atoms with Crippen molar-refractivity contribution in [2.24, 2.45) is 0 Å². The number of hydrogen-bond donors (Lipinski definition) is 10. The zero-order chi connectivity index (χ0) is 39.9. The van der Waals surface area contributed by atoms with Crippen molar-refractivity contribution in [2.45, 2.75) is 30.7 Å². The van der Waals surface area contributed by atoms with Gasteiger partial charge in [-0.2, -0.15) is 0 Å². The third kappa shape index (κ3) is 7.06. The summed E-state index contributed by atoms with van der Waals surface area (Å²) >= 11 is 0. The van der Waals surface area contributed by atoms with Crippen LogP contribution < -0.4 is 0 Å². The van der Waals surface area contributed by atoms with Gasteiger partial charge in [-0.3, -0.25) is 0 Å². The Labute approximate surface area is 306 Å². The number of fused-ring (bicyclic) bond motifs is 4. The molecular formula is C36H28O19. The van der Waals surface area contributed by atoms with E-state index in [1.165, 1.54) is 6.08 Å². The van der Waals surface area contributed by atoms with Crippen LogP contribution in [0.25, 0.3) is 17.2 Å². The third-order valence-corrected chi connectivity index (χ3v) is 8.43. The van der Waals surface area contributed by atoms with Gasteiger partial charge in [0, 0.05) is 17.2 Å². The summed E-state index contributed by atoms with van der Waals surface area (Å²) in [5, 5.41) is 104. The molecule has 55 heavy (non-hydrogen) atoms. The van der Waals surface area contributed by atoms with Gasteiger partial charge < -0.3 is 74.7 Å². The topological polar surface area (TPSA) is 317 Å². The number of aliphatic hydroxyl groups is 1. The predicted octanol–water partition coefficient (Wildman–Crippen LogP) is 1.97. The van der Waals surface area contributed by atoms with Crippen molar-refractivity contribution in [1.29, 1.82) is 0 Å². The summed E-state index contributed by atoms with van der Waals surface area (Å²) in [6, 6.07) is 10.8. The van der Waals surface area contributed by atoms with Crippen LogP contribution in [0.15, 0.2) is 60.7 Å². The van der Waals surface area contributed by atoms with Crippen molar-refractivity contribution in [3.05, 3.63) is 82.9 Å². The molecule has 2 aliphatic rings. The number of ether oxygens (including phenoxy) is 5. The minimum Gasteiger partial charge on any atom is -0.504 e. The summed E-state index contributed by atoms with van der Waals surface area (Å²) in [4.78, 5) is 53.8. The molecule has 0 saturated carbocycles. The number of hydrogen-bond acceptors (Lipinski definition) is 19. The van der Waals surface area contributed by atoms with E-state index in [9.17, 15) is 70.2 Å². The molecule has 4 aromatic rings. The average molecular weight is 765 g/mol. The van der Waals surface area contributed by atoms with E-state index in [1.54, 1.807) is 30.3 Å². The van der Waals surface area contributed by atoms with Gasteiger partial charge in [-0.15, -0.1) is 0 Å². The Kier molecular flexibility index (Phi) is 9.90. The minimum atomic E-state index is -2.25. The summed E-state index contributed by atoms with van der Waals surface area (Å²) < 4.78 is 27.3. The van der Waals surface area contributed by atoms with Crippen molar-refractivity contribution in [3.8, 4) is 62.9 Å². The highest BCUT2D eigenvalue weighted by molar-refractivity contribution is 6.08. The number of esters is 4.